The van der Waals surface area contributed by atoms with Gasteiger partial charge in [0.2, 0.25) is 0 Å². The highest BCUT2D eigenvalue weighted by molar-refractivity contribution is 5.14. The molecule has 0 heterocycles. The number of rotatable bonds is 2. The van der Waals surface area contributed by atoms with E-state index in [9.17, 15) is 20.2 Å². The van der Waals surface area contributed by atoms with Crippen molar-refractivity contribution in [1.82, 2.24) is 0 Å². The Bertz CT molecular complexity index is 269. The predicted octanol–water partition coefficient (Wildman–Crippen LogP) is 1.78. The van der Waals surface area contributed by atoms with Crippen LogP contribution in [0.2, 0.25) is 0 Å². The van der Waals surface area contributed by atoms with Gasteiger partial charge in [-0.1, -0.05) is 32.1 Å². The fraction of sp³-hybridized carbons (Fsp3) is 0.500. The zero-order valence-electron chi connectivity index (χ0n) is 8.04. The summed E-state index contributed by atoms with van der Waals surface area (Å²) in [4.78, 5) is 19.0. The van der Waals surface area contributed by atoms with Crippen molar-refractivity contribution in [3.8, 4) is 0 Å². The lowest BCUT2D eigenvalue weighted by Crippen LogP contribution is -2.44. The van der Waals surface area contributed by atoms with Crippen molar-refractivity contribution in [2.45, 2.75) is 25.9 Å². The number of hydrogen-bond acceptors (Lipinski definition) is 4. The van der Waals surface area contributed by atoms with Crippen LogP contribution in [0, 0.1) is 20.2 Å². The molecule has 1 rings (SSSR count). The predicted molar refractivity (Wildman–Crippen MR) is 51.0 cm³/mol. The first-order valence-electron chi connectivity index (χ1n) is 4.23. The van der Waals surface area contributed by atoms with Crippen LogP contribution in [-0.2, 0) is 0 Å². The van der Waals surface area contributed by atoms with E-state index in [1.165, 1.54) is 12.2 Å². The lowest BCUT2D eigenvalue weighted by Gasteiger charge is -2.12. The van der Waals surface area contributed by atoms with Crippen molar-refractivity contribution in [2.24, 2.45) is 0 Å². The van der Waals surface area contributed by atoms with Crippen LogP contribution in [0.25, 0.3) is 0 Å². The minimum atomic E-state index is -2.14. The molecule has 78 valence electrons. The summed E-state index contributed by atoms with van der Waals surface area (Å²) in [6.45, 7) is 4.00. The topological polar surface area (TPSA) is 86.3 Å². The Balaban J connectivity index is 0.000000791. The van der Waals surface area contributed by atoms with E-state index in [1.807, 2.05) is 13.8 Å². The molecule has 0 radical (unpaired) electrons. The molecule has 0 N–H and O–H groups in total. The number of nitro groups is 2. The van der Waals surface area contributed by atoms with Gasteiger partial charge in [-0.05, 0) is 0 Å². The molecule has 0 atom stereocenters. The second-order valence-electron chi connectivity index (χ2n) is 2.38. The summed E-state index contributed by atoms with van der Waals surface area (Å²) in [6.07, 6.45) is 5.07. The van der Waals surface area contributed by atoms with Gasteiger partial charge in [-0.15, -0.1) is 0 Å². The molecule has 0 saturated carbocycles. The molecule has 0 fully saturated rings. The van der Waals surface area contributed by atoms with Gasteiger partial charge >= 0.3 is 5.66 Å². The van der Waals surface area contributed by atoms with Crippen LogP contribution in [0.1, 0.15) is 20.3 Å². The van der Waals surface area contributed by atoms with Crippen LogP contribution in [0.15, 0.2) is 24.3 Å². The first kappa shape index (κ1) is 12.3. The maximum atomic E-state index is 10.4. The Labute approximate surface area is 81.2 Å². The van der Waals surface area contributed by atoms with Gasteiger partial charge in [0.15, 0.2) is 0 Å². The first-order valence-corrected chi connectivity index (χ1v) is 4.23. The van der Waals surface area contributed by atoms with Gasteiger partial charge in [0.25, 0.3) is 0 Å². The van der Waals surface area contributed by atoms with Gasteiger partial charge in [-0.3, -0.25) is 20.2 Å². The molecule has 0 spiro atoms. The smallest absolute Gasteiger partial charge is 0.258 e. The average Bonchev–Trinajstić information content (AvgIpc) is 2.21. The molecule has 0 aromatic heterocycles. The van der Waals surface area contributed by atoms with Crippen molar-refractivity contribution in [2.75, 3.05) is 0 Å². The van der Waals surface area contributed by atoms with E-state index in [-0.39, 0.29) is 6.42 Å². The maximum absolute atomic E-state index is 10.4. The molecule has 0 unspecified atom stereocenters. The Morgan fingerprint density at radius 1 is 1.14 bits per heavy atom. The van der Waals surface area contributed by atoms with E-state index in [2.05, 4.69) is 0 Å². The van der Waals surface area contributed by atoms with Crippen LogP contribution in [0.5, 0.6) is 0 Å². The van der Waals surface area contributed by atoms with Gasteiger partial charge in [0.05, 0.1) is 6.08 Å². The maximum Gasteiger partial charge on any atom is 0.481 e. The monoisotopic (exact) mass is 200 g/mol. The van der Waals surface area contributed by atoms with Crippen LogP contribution >= 0.6 is 0 Å². The van der Waals surface area contributed by atoms with Gasteiger partial charge in [0, 0.05) is 0 Å². The van der Waals surface area contributed by atoms with Crippen LogP contribution < -0.4 is 0 Å². The molecule has 0 aromatic rings. The van der Waals surface area contributed by atoms with E-state index < -0.39 is 15.5 Å². The van der Waals surface area contributed by atoms with E-state index in [0.29, 0.717) is 0 Å². The quantitative estimate of drug-likeness (QED) is 0.386. The summed E-state index contributed by atoms with van der Waals surface area (Å²) in [6, 6.07) is 0. The Kier molecular flexibility index (Phi) is 4.48. The molecule has 6 nitrogen and oxygen atoms in total. The highest BCUT2D eigenvalue weighted by Gasteiger charge is 2.52. The van der Waals surface area contributed by atoms with Crippen LogP contribution in [-0.4, -0.2) is 15.5 Å². The molecule has 0 aromatic carbocycles. The van der Waals surface area contributed by atoms with Crippen molar-refractivity contribution in [1.29, 1.82) is 0 Å². The molecule has 14 heavy (non-hydrogen) atoms. The summed E-state index contributed by atoms with van der Waals surface area (Å²) in [5.74, 6) is 0. The molecule has 6 heteroatoms. The van der Waals surface area contributed by atoms with Gasteiger partial charge in [0.1, 0.15) is 16.3 Å². The summed E-state index contributed by atoms with van der Waals surface area (Å²) in [5.41, 5.74) is -2.14. The first-order chi connectivity index (χ1) is 6.59. The standard InChI is InChI=1S/C6H6N2O4.C2H6/c9-7(10)6(8(11)12)4-2-1-3-5-6;1-2/h1-4H,5H2;1-2H3. The fourth-order valence-electron chi connectivity index (χ4n) is 0.935. The third kappa shape index (κ3) is 2.15. The Hall–Kier alpha value is -1.72. The third-order valence-corrected chi connectivity index (χ3v) is 1.66. The van der Waals surface area contributed by atoms with Gasteiger partial charge in [-0.25, -0.2) is 0 Å². The second-order valence-corrected chi connectivity index (χ2v) is 2.38. The van der Waals surface area contributed by atoms with E-state index in [0.717, 1.165) is 6.08 Å². The zero-order chi connectivity index (χ0) is 11.2. The molecule has 0 amide bonds. The largest absolute Gasteiger partial charge is 0.481 e. The minimum absolute atomic E-state index is 0.191. The Morgan fingerprint density at radius 3 is 1.86 bits per heavy atom. The second kappa shape index (κ2) is 5.11. The van der Waals surface area contributed by atoms with E-state index in [1.54, 1.807) is 6.08 Å². The molecule has 0 aliphatic heterocycles. The highest BCUT2D eigenvalue weighted by atomic mass is 16.7. The molecule has 1 aliphatic carbocycles. The minimum Gasteiger partial charge on any atom is -0.258 e. The highest BCUT2D eigenvalue weighted by Crippen LogP contribution is 2.21. The molecule has 0 saturated heterocycles. The summed E-state index contributed by atoms with van der Waals surface area (Å²) >= 11 is 0. The van der Waals surface area contributed by atoms with Crippen molar-refractivity contribution in [3.63, 3.8) is 0 Å². The van der Waals surface area contributed by atoms with E-state index in [4.69, 9.17) is 0 Å². The van der Waals surface area contributed by atoms with E-state index >= 15 is 0 Å². The number of nitrogens with zero attached hydrogens (tertiary/aromatic N) is 2. The summed E-state index contributed by atoms with van der Waals surface area (Å²) in [5, 5.41) is 20.8. The average molecular weight is 200 g/mol. The van der Waals surface area contributed by atoms with Crippen LogP contribution in [0.4, 0.5) is 0 Å². The number of hydrogen-bond donors (Lipinski definition) is 0. The van der Waals surface area contributed by atoms with Crippen molar-refractivity contribution < 1.29 is 9.85 Å². The zero-order valence-corrected chi connectivity index (χ0v) is 8.04. The normalized spacial score (nSPS) is 16.7. The lowest BCUT2D eigenvalue weighted by atomic mass is 10.0. The van der Waals surface area contributed by atoms with Crippen molar-refractivity contribution >= 4 is 0 Å². The van der Waals surface area contributed by atoms with Gasteiger partial charge in [-0.2, -0.15) is 0 Å². The number of allylic oxidation sites excluding steroid dienone is 2. The van der Waals surface area contributed by atoms with Gasteiger partial charge < -0.3 is 0 Å². The summed E-state index contributed by atoms with van der Waals surface area (Å²) in [7, 11) is 0. The molecular weight excluding hydrogens is 188 g/mol. The van der Waals surface area contributed by atoms with Crippen LogP contribution in [0.3, 0.4) is 0 Å². The fourth-order valence-corrected chi connectivity index (χ4v) is 0.935. The molecule has 1 aliphatic rings. The van der Waals surface area contributed by atoms with Crippen molar-refractivity contribution in [3.05, 3.63) is 44.5 Å². The Morgan fingerprint density at radius 2 is 1.64 bits per heavy atom. The third-order valence-electron chi connectivity index (χ3n) is 1.66. The molecule has 0 bridgehead atoms. The SMILES string of the molecule is CC.O=[N+]([O-])C1([N+](=O)[O-])C=CC=CC1. The molecular formula is C8H12N2O4. The lowest BCUT2D eigenvalue weighted by molar-refractivity contribution is -0.780. The summed E-state index contributed by atoms with van der Waals surface area (Å²) < 4.78 is 0.